The number of rotatable bonds is 10. The van der Waals surface area contributed by atoms with Crippen LogP contribution in [0.25, 0.3) is 0 Å². The van der Waals surface area contributed by atoms with Crippen molar-refractivity contribution < 1.29 is 46.3 Å². The number of nitrogens with zero attached hydrogens (tertiary/aromatic N) is 3. The lowest BCUT2D eigenvalue weighted by Crippen LogP contribution is -2.38. The van der Waals surface area contributed by atoms with Crippen LogP contribution in [-0.2, 0) is 28.6 Å². The minimum absolute atomic E-state index is 0.0131. The van der Waals surface area contributed by atoms with Crippen LogP contribution < -0.4 is 10.1 Å². The van der Waals surface area contributed by atoms with Gasteiger partial charge in [0.05, 0.1) is 42.5 Å². The number of halogens is 5. The number of hydrogen-bond acceptors (Lipinski definition) is 9. The van der Waals surface area contributed by atoms with E-state index in [0.717, 1.165) is 7.11 Å². The van der Waals surface area contributed by atoms with Gasteiger partial charge in [0.15, 0.2) is 0 Å². The normalized spacial score (nSPS) is 11.5. The molecule has 0 saturated heterocycles. The van der Waals surface area contributed by atoms with Gasteiger partial charge in [0.25, 0.3) is 5.69 Å². The summed E-state index contributed by atoms with van der Waals surface area (Å²) in [5.74, 6) is -2.69. The summed E-state index contributed by atoms with van der Waals surface area (Å²) in [6.07, 6.45) is -6.05. The topological polar surface area (TPSA) is 133 Å². The van der Waals surface area contributed by atoms with Gasteiger partial charge >= 0.3 is 18.2 Å². The molecule has 1 N–H and O–H groups in total. The number of nitrogens with one attached hydrogen (secondary N) is 1. The fraction of sp³-hybridized carbons (Fsp3) is 0.345. The maximum atomic E-state index is 14.4. The smallest absolute Gasteiger partial charge is 0.419 e. The Morgan fingerprint density at radius 3 is 2.36 bits per heavy atom. The first-order valence-corrected chi connectivity index (χ1v) is 13.5. The number of benzene rings is 2. The molecule has 1 heterocycles. The van der Waals surface area contributed by atoms with Crippen LogP contribution in [0.15, 0.2) is 42.5 Å². The van der Waals surface area contributed by atoms with Crippen LogP contribution in [-0.4, -0.2) is 53.2 Å². The van der Waals surface area contributed by atoms with Crippen LogP contribution in [0, 0.1) is 15.9 Å². The average molecular weight is 657 g/mol. The lowest BCUT2D eigenvalue weighted by Gasteiger charge is -2.28. The molecule has 0 radical (unpaired) electrons. The highest BCUT2D eigenvalue weighted by molar-refractivity contribution is 6.31. The molecule has 2 aromatic carbocycles. The second kappa shape index (κ2) is 14.0. The van der Waals surface area contributed by atoms with Gasteiger partial charge in [-0.3, -0.25) is 10.1 Å². The van der Waals surface area contributed by atoms with Crippen molar-refractivity contribution >= 4 is 40.7 Å². The zero-order valence-electron chi connectivity index (χ0n) is 24.8. The Labute approximate surface area is 260 Å². The zero-order chi connectivity index (χ0) is 33.7. The Hall–Kier alpha value is -4.66. The van der Waals surface area contributed by atoms with Gasteiger partial charge in [-0.15, -0.1) is 0 Å². The molecule has 0 aliphatic heterocycles. The average Bonchev–Trinajstić information content (AvgIpc) is 2.94. The van der Waals surface area contributed by atoms with Crippen molar-refractivity contribution in [3.05, 3.63) is 85.8 Å². The highest BCUT2D eigenvalue weighted by atomic mass is 35.5. The van der Waals surface area contributed by atoms with E-state index in [9.17, 15) is 37.3 Å². The third kappa shape index (κ3) is 8.94. The van der Waals surface area contributed by atoms with Crippen LogP contribution in [0.5, 0.6) is 5.88 Å². The fourth-order valence-electron chi connectivity index (χ4n) is 4.09. The third-order valence-corrected chi connectivity index (χ3v) is 6.51. The van der Waals surface area contributed by atoms with Crippen molar-refractivity contribution in [2.75, 3.05) is 26.1 Å². The van der Waals surface area contributed by atoms with Gasteiger partial charge in [-0.05, 0) is 45.0 Å². The highest BCUT2D eigenvalue weighted by Crippen LogP contribution is 2.37. The fourth-order valence-corrected chi connectivity index (χ4v) is 4.32. The summed E-state index contributed by atoms with van der Waals surface area (Å²) in [6.45, 7) is 4.39. The Bertz CT molecular complexity index is 1600. The molecule has 45 heavy (non-hydrogen) atoms. The molecule has 16 heteroatoms. The first kappa shape index (κ1) is 34.8. The van der Waals surface area contributed by atoms with Crippen molar-refractivity contribution in [3.63, 3.8) is 0 Å². The Morgan fingerprint density at radius 2 is 1.78 bits per heavy atom. The van der Waals surface area contributed by atoms with Crippen LogP contribution in [0.1, 0.15) is 48.0 Å². The van der Waals surface area contributed by atoms with Crippen LogP contribution in [0.4, 0.5) is 39.4 Å². The molecule has 0 spiro atoms. The number of anilines is 2. The van der Waals surface area contributed by atoms with Crippen molar-refractivity contribution in [3.8, 4) is 5.88 Å². The molecule has 0 saturated carbocycles. The van der Waals surface area contributed by atoms with Gasteiger partial charge in [0.1, 0.15) is 17.1 Å². The Kier molecular flexibility index (Phi) is 10.8. The number of ether oxygens (including phenoxy) is 3. The Balaban J connectivity index is 2.07. The molecule has 0 bridgehead atoms. The highest BCUT2D eigenvalue weighted by Gasteiger charge is 2.36. The van der Waals surface area contributed by atoms with Crippen LogP contribution >= 0.6 is 11.6 Å². The SMILES string of the molecule is COC(=O)c1cc(F)c(C(F)(F)F)cc1Nc1cccc(Cl)c1CN(CCc1nc(OC)ccc1[N+](=O)[O-])C(=O)OC(C)(C)C. The maximum Gasteiger partial charge on any atom is 0.419 e. The molecular weight excluding hydrogens is 628 g/mol. The Morgan fingerprint density at radius 1 is 1.09 bits per heavy atom. The van der Waals surface area contributed by atoms with Gasteiger partial charge in [0.2, 0.25) is 5.88 Å². The molecule has 0 unspecified atom stereocenters. The standard InChI is InChI=1S/C29H29ClF4N4O7/c1-28(2,3)45-27(40)37(12-11-22-24(38(41)42)9-10-25(36-22)43-4)15-17-19(30)7-6-8-21(17)35-23-14-18(29(32,33)34)20(31)13-16(23)26(39)44-5/h6-10,13-14,35H,11-12,15H2,1-5H3. The van der Waals surface area contributed by atoms with Crippen LogP contribution in [0.2, 0.25) is 5.02 Å². The number of carbonyl (C=O) groups is 2. The van der Waals surface area contributed by atoms with E-state index in [2.05, 4.69) is 15.0 Å². The molecular formula is C29H29ClF4N4O7. The molecule has 0 fully saturated rings. The van der Waals surface area contributed by atoms with E-state index >= 15 is 0 Å². The minimum Gasteiger partial charge on any atom is -0.481 e. The number of pyridine rings is 1. The monoisotopic (exact) mass is 656 g/mol. The quantitative estimate of drug-likeness (QED) is 0.103. The molecule has 3 aromatic rings. The van der Waals surface area contributed by atoms with E-state index in [0.29, 0.717) is 12.1 Å². The van der Waals surface area contributed by atoms with Gasteiger partial charge in [-0.2, -0.15) is 13.2 Å². The van der Waals surface area contributed by atoms with Gasteiger partial charge in [0, 0.05) is 41.4 Å². The predicted octanol–water partition coefficient (Wildman–Crippen LogP) is 7.32. The van der Waals surface area contributed by atoms with Gasteiger partial charge < -0.3 is 24.4 Å². The molecule has 11 nitrogen and oxygen atoms in total. The van der Waals surface area contributed by atoms with E-state index in [4.69, 9.17) is 21.1 Å². The van der Waals surface area contributed by atoms with Crippen molar-refractivity contribution in [2.45, 2.75) is 45.5 Å². The molecule has 3 rings (SSSR count). The summed E-state index contributed by atoms with van der Waals surface area (Å²) in [7, 11) is 2.31. The maximum absolute atomic E-state index is 14.4. The van der Waals surface area contributed by atoms with E-state index in [1.807, 2.05) is 0 Å². The number of esters is 1. The number of amides is 1. The summed E-state index contributed by atoms with van der Waals surface area (Å²) in [5, 5.41) is 14.4. The second-order valence-electron chi connectivity index (χ2n) is 10.5. The number of nitro groups is 1. The molecule has 0 aliphatic carbocycles. The van der Waals surface area contributed by atoms with E-state index in [-0.39, 0.29) is 53.0 Å². The van der Waals surface area contributed by atoms with Crippen molar-refractivity contribution in [2.24, 2.45) is 0 Å². The van der Waals surface area contributed by atoms with E-state index < -0.39 is 51.4 Å². The number of methoxy groups -OCH3 is 2. The lowest BCUT2D eigenvalue weighted by atomic mass is 10.1. The van der Waals surface area contributed by atoms with Crippen LogP contribution in [0.3, 0.4) is 0 Å². The summed E-state index contributed by atoms with van der Waals surface area (Å²) >= 11 is 6.49. The lowest BCUT2D eigenvalue weighted by molar-refractivity contribution is -0.386. The molecule has 0 aliphatic rings. The molecule has 1 amide bonds. The largest absolute Gasteiger partial charge is 0.481 e. The van der Waals surface area contributed by atoms with Gasteiger partial charge in [-0.1, -0.05) is 17.7 Å². The third-order valence-electron chi connectivity index (χ3n) is 6.16. The minimum atomic E-state index is -5.09. The first-order chi connectivity index (χ1) is 20.9. The summed E-state index contributed by atoms with van der Waals surface area (Å²) in [4.78, 5) is 42.0. The summed E-state index contributed by atoms with van der Waals surface area (Å²) < 4.78 is 70.3. The summed E-state index contributed by atoms with van der Waals surface area (Å²) in [5.41, 5.74) is -3.63. The van der Waals surface area contributed by atoms with E-state index in [1.54, 1.807) is 20.8 Å². The molecule has 242 valence electrons. The zero-order valence-corrected chi connectivity index (χ0v) is 25.5. The first-order valence-electron chi connectivity index (χ1n) is 13.1. The summed E-state index contributed by atoms with van der Waals surface area (Å²) in [6, 6.07) is 7.69. The predicted molar refractivity (Wildman–Crippen MR) is 155 cm³/mol. The molecule has 0 atom stereocenters. The number of hydrogen-bond donors (Lipinski definition) is 1. The van der Waals surface area contributed by atoms with Gasteiger partial charge in [-0.25, -0.2) is 19.0 Å². The van der Waals surface area contributed by atoms with Crippen molar-refractivity contribution in [1.29, 1.82) is 0 Å². The number of aromatic nitrogens is 1. The second-order valence-corrected chi connectivity index (χ2v) is 10.9. The number of alkyl halides is 3. The number of carbonyl (C=O) groups excluding carboxylic acids is 2. The van der Waals surface area contributed by atoms with E-state index in [1.165, 1.54) is 42.3 Å². The molecule has 1 aromatic heterocycles. The van der Waals surface area contributed by atoms with Crippen molar-refractivity contribution in [1.82, 2.24) is 9.88 Å².